The number of halogens is 2. The first-order valence-electron chi connectivity index (χ1n) is 12.3. The largest absolute Gasteiger partial charge is 0.397 e. The molecule has 198 valence electrons. The number of aliphatic hydroxyl groups is 1. The normalized spacial score (nSPS) is 10.9. The van der Waals surface area contributed by atoms with Gasteiger partial charge in [0.1, 0.15) is 0 Å². The summed E-state index contributed by atoms with van der Waals surface area (Å²) >= 11 is 12.7. The zero-order valence-electron chi connectivity index (χ0n) is 21.1. The Hall–Kier alpha value is -3.26. The Bertz CT molecular complexity index is 1350. The summed E-state index contributed by atoms with van der Waals surface area (Å²) in [5.74, 6) is 0. The van der Waals surface area contributed by atoms with Crippen molar-refractivity contribution in [2.75, 3.05) is 43.0 Å². The van der Waals surface area contributed by atoms with E-state index in [1.807, 2.05) is 31.2 Å². The lowest BCUT2D eigenvalue weighted by molar-refractivity contribution is 0.0274. The van der Waals surface area contributed by atoms with E-state index in [1.165, 1.54) is 0 Å². The number of ether oxygens (including phenoxy) is 2. The molecule has 0 heterocycles. The number of nitrogens with one attached hydrogen (secondary N) is 2. The SMILES string of the molecule is Cc1cc(NNc2cc(-c3ccc(-c4ccc(COCCOCCO)cc4)cc3)c(Cl)cc2N)ccc1Cl. The van der Waals surface area contributed by atoms with Crippen LogP contribution in [0.2, 0.25) is 10.0 Å². The molecular formula is C30H31Cl2N3O3. The molecule has 0 atom stereocenters. The van der Waals surface area contributed by atoms with Crippen LogP contribution >= 0.6 is 23.2 Å². The van der Waals surface area contributed by atoms with E-state index >= 15 is 0 Å². The predicted molar refractivity (Wildman–Crippen MR) is 158 cm³/mol. The van der Waals surface area contributed by atoms with Crippen LogP contribution in [-0.2, 0) is 16.1 Å². The highest BCUT2D eigenvalue weighted by Gasteiger charge is 2.10. The summed E-state index contributed by atoms with van der Waals surface area (Å²) in [6, 6.07) is 25.9. The molecule has 0 aliphatic heterocycles. The van der Waals surface area contributed by atoms with Crippen LogP contribution in [0, 0.1) is 6.92 Å². The molecule has 0 saturated heterocycles. The van der Waals surface area contributed by atoms with Crippen molar-refractivity contribution in [3.8, 4) is 22.3 Å². The number of rotatable bonds is 12. The van der Waals surface area contributed by atoms with Gasteiger partial charge in [-0.05, 0) is 65.1 Å². The fourth-order valence-electron chi connectivity index (χ4n) is 3.89. The Morgan fingerprint density at radius 1 is 0.737 bits per heavy atom. The van der Waals surface area contributed by atoms with Gasteiger partial charge in [0.2, 0.25) is 0 Å². The maximum atomic E-state index is 8.71. The Labute approximate surface area is 233 Å². The van der Waals surface area contributed by atoms with Gasteiger partial charge in [-0.1, -0.05) is 71.7 Å². The van der Waals surface area contributed by atoms with E-state index in [9.17, 15) is 0 Å². The van der Waals surface area contributed by atoms with Crippen LogP contribution < -0.4 is 16.6 Å². The Morgan fingerprint density at radius 2 is 1.39 bits per heavy atom. The lowest BCUT2D eigenvalue weighted by atomic mass is 9.99. The number of hydrogen-bond acceptors (Lipinski definition) is 6. The van der Waals surface area contributed by atoms with E-state index in [0.717, 1.165) is 44.8 Å². The van der Waals surface area contributed by atoms with Crippen LogP contribution in [-0.4, -0.2) is 31.5 Å². The molecule has 0 saturated carbocycles. The summed E-state index contributed by atoms with van der Waals surface area (Å²) in [7, 11) is 0. The molecule has 0 spiro atoms. The minimum Gasteiger partial charge on any atom is -0.397 e. The monoisotopic (exact) mass is 551 g/mol. The van der Waals surface area contributed by atoms with Crippen LogP contribution in [0.15, 0.2) is 78.9 Å². The third-order valence-electron chi connectivity index (χ3n) is 6.00. The van der Waals surface area contributed by atoms with Gasteiger partial charge in [-0.3, -0.25) is 5.43 Å². The van der Waals surface area contributed by atoms with E-state index in [2.05, 4.69) is 59.4 Å². The van der Waals surface area contributed by atoms with Crippen LogP contribution in [0.1, 0.15) is 11.1 Å². The third-order valence-corrected chi connectivity index (χ3v) is 6.73. The molecule has 8 heteroatoms. The van der Waals surface area contributed by atoms with Gasteiger partial charge in [-0.15, -0.1) is 0 Å². The summed E-state index contributed by atoms with van der Waals surface area (Å²) in [6.45, 7) is 3.79. The Kier molecular flexibility index (Phi) is 9.87. The average molecular weight is 553 g/mol. The highest BCUT2D eigenvalue weighted by atomic mass is 35.5. The highest BCUT2D eigenvalue weighted by molar-refractivity contribution is 6.34. The van der Waals surface area contributed by atoms with Crippen molar-refractivity contribution in [2.45, 2.75) is 13.5 Å². The quantitative estimate of drug-likeness (QED) is 0.0846. The molecule has 4 rings (SSSR count). The standard InChI is InChI=1S/C30H31Cl2N3O3/c1-20-16-25(10-11-27(20)31)34-35-30-17-26(28(32)18-29(30)33)24-8-6-23(7-9-24)22-4-2-21(3-5-22)19-38-15-14-37-13-12-36/h2-11,16-18,34-36H,12-15,19,33H2,1H3. The Balaban J connectivity index is 1.41. The molecule has 0 aliphatic rings. The van der Waals surface area contributed by atoms with Crippen molar-refractivity contribution < 1.29 is 14.6 Å². The van der Waals surface area contributed by atoms with E-state index < -0.39 is 0 Å². The maximum Gasteiger partial charge on any atom is 0.0776 e. The first-order valence-corrected chi connectivity index (χ1v) is 13.0. The molecule has 6 nitrogen and oxygen atoms in total. The van der Waals surface area contributed by atoms with Crippen molar-refractivity contribution >= 4 is 40.3 Å². The molecule has 4 aromatic carbocycles. The van der Waals surface area contributed by atoms with Crippen molar-refractivity contribution in [1.82, 2.24) is 0 Å². The third kappa shape index (κ3) is 7.40. The second-order valence-electron chi connectivity index (χ2n) is 8.80. The van der Waals surface area contributed by atoms with Crippen LogP contribution in [0.25, 0.3) is 22.3 Å². The number of aliphatic hydroxyl groups excluding tert-OH is 1. The van der Waals surface area contributed by atoms with E-state index in [-0.39, 0.29) is 6.61 Å². The molecule has 0 unspecified atom stereocenters. The van der Waals surface area contributed by atoms with Gasteiger partial charge in [0.15, 0.2) is 0 Å². The predicted octanol–water partition coefficient (Wildman–Crippen LogP) is 7.18. The second-order valence-corrected chi connectivity index (χ2v) is 9.61. The lowest BCUT2D eigenvalue weighted by Gasteiger charge is -2.15. The molecule has 5 N–H and O–H groups in total. The number of hydrazine groups is 1. The van der Waals surface area contributed by atoms with Gasteiger partial charge < -0.3 is 25.7 Å². The molecule has 0 aliphatic carbocycles. The van der Waals surface area contributed by atoms with Gasteiger partial charge in [0, 0.05) is 10.6 Å². The molecule has 0 aromatic heterocycles. The van der Waals surface area contributed by atoms with Crippen molar-refractivity contribution in [1.29, 1.82) is 0 Å². The van der Waals surface area contributed by atoms with Gasteiger partial charge in [-0.25, -0.2) is 0 Å². The summed E-state index contributed by atoms with van der Waals surface area (Å²) in [6.07, 6.45) is 0. The van der Waals surface area contributed by atoms with Crippen LogP contribution in [0.5, 0.6) is 0 Å². The van der Waals surface area contributed by atoms with Crippen LogP contribution in [0.4, 0.5) is 17.1 Å². The molecule has 0 fully saturated rings. The number of nitrogens with two attached hydrogens (primary N) is 1. The van der Waals surface area contributed by atoms with E-state index in [4.69, 9.17) is 43.5 Å². The van der Waals surface area contributed by atoms with Gasteiger partial charge in [0.05, 0.1) is 55.1 Å². The topological polar surface area (TPSA) is 88.8 Å². The fraction of sp³-hybridized carbons (Fsp3) is 0.200. The first-order chi connectivity index (χ1) is 18.4. The number of nitrogen functional groups attached to an aromatic ring is 1. The van der Waals surface area contributed by atoms with Crippen molar-refractivity contribution in [3.05, 3.63) is 100 Å². The van der Waals surface area contributed by atoms with Gasteiger partial charge >= 0.3 is 0 Å². The first kappa shape index (κ1) is 27.8. The zero-order valence-corrected chi connectivity index (χ0v) is 22.6. The summed E-state index contributed by atoms with van der Waals surface area (Å²) < 4.78 is 10.8. The minimum absolute atomic E-state index is 0.0239. The average Bonchev–Trinajstić information content (AvgIpc) is 2.92. The maximum absolute atomic E-state index is 8.71. The molecule has 0 bridgehead atoms. The highest BCUT2D eigenvalue weighted by Crippen LogP contribution is 2.35. The molecule has 4 aromatic rings. The van der Waals surface area contributed by atoms with E-state index in [0.29, 0.717) is 42.2 Å². The molecule has 0 radical (unpaired) electrons. The lowest BCUT2D eigenvalue weighted by Crippen LogP contribution is -2.10. The number of anilines is 3. The number of benzene rings is 4. The summed E-state index contributed by atoms with van der Waals surface area (Å²) in [5, 5.41) is 10.0. The summed E-state index contributed by atoms with van der Waals surface area (Å²) in [4.78, 5) is 0. The van der Waals surface area contributed by atoms with Gasteiger partial charge in [-0.2, -0.15) is 0 Å². The van der Waals surface area contributed by atoms with Crippen molar-refractivity contribution in [2.24, 2.45) is 0 Å². The van der Waals surface area contributed by atoms with Gasteiger partial charge in [0.25, 0.3) is 0 Å². The van der Waals surface area contributed by atoms with Crippen molar-refractivity contribution in [3.63, 3.8) is 0 Å². The molecule has 0 amide bonds. The molecule has 38 heavy (non-hydrogen) atoms. The van der Waals surface area contributed by atoms with E-state index in [1.54, 1.807) is 6.07 Å². The van der Waals surface area contributed by atoms with Crippen LogP contribution in [0.3, 0.4) is 0 Å². The Morgan fingerprint density at radius 3 is 2.08 bits per heavy atom. The fourth-order valence-corrected chi connectivity index (χ4v) is 4.29. The zero-order chi connectivity index (χ0) is 26.9. The number of aryl methyl sites for hydroxylation is 1. The molecular weight excluding hydrogens is 521 g/mol. The summed E-state index contributed by atoms with van der Waals surface area (Å²) in [5.41, 5.74) is 20.8. The smallest absolute Gasteiger partial charge is 0.0776 e. The minimum atomic E-state index is 0.0239. The second kappa shape index (κ2) is 13.5. The number of hydrogen-bond donors (Lipinski definition) is 4.